The van der Waals surface area contributed by atoms with E-state index >= 15 is 0 Å². The van der Waals surface area contributed by atoms with Crippen molar-refractivity contribution in [2.75, 3.05) is 4.90 Å². The van der Waals surface area contributed by atoms with Gasteiger partial charge in [0.1, 0.15) is 11.2 Å². The molecule has 0 fully saturated rings. The lowest BCUT2D eigenvalue weighted by molar-refractivity contribution is 0.670. The largest absolute Gasteiger partial charge is 0.455 e. The van der Waals surface area contributed by atoms with Crippen molar-refractivity contribution in [3.05, 3.63) is 218 Å². The molecule has 10 aromatic carbocycles. The molecule has 0 aliphatic carbocycles. The van der Waals surface area contributed by atoms with Gasteiger partial charge in [0, 0.05) is 85.3 Å². The Balaban J connectivity index is 1.07. The zero-order chi connectivity index (χ0) is 42.6. The molecule has 14 aromatic rings. The van der Waals surface area contributed by atoms with Crippen LogP contribution in [0.4, 0.5) is 17.1 Å². The van der Waals surface area contributed by atoms with Gasteiger partial charge in [0.2, 0.25) is 0 Å². The number of hydrogen-bond donors (Lipinski definition) is 0. The highest BCUT2D eigenvalue weighted by Crippen LogP contribution is 2.51. The van der Waals surface area contributed by atoms with Crippen LogP contribution in [0.2, 0.25) is 0 Å². The predicted octanol–water partition coefficient (Wildman–Crippen LogP) is 18.2. The summed E-state index contributed by atoms with van der Waals surface area (Å²) in [5.74, 6) is 0. The maximum Gasteiger partial charge on any atom is 0.143 e. The molecular weight excluding hydrogens is 829 g/mol. The molecule has 65 heavy (non-hydrogen) atoms. The van der Waals surface area contributed by atoms with Crippen molar-refractivity contribution >= 4 is 124 Å². The summed E-state index contributed by atoms with van der Waals surface area (Å²) in [6.07, 6.45) is 0. The van der Waals surface area contributed by atoms with Gasteiger partial charge in [-0.2, -0.15) is 0 Å². The van der Waals surface area contributed by atoms with Crippen LogP contribution >= 0.6 is 22.7 Å². The summed E-state index contributed by atoms with van der Waals surface area (Å²) in [5.41, 5.74) is 13.1. The minimum atomic E-state index is 0.891. The fourth-order valence-corrected chi connectivity index (χ4v) is 12.8. The lowest BCUT2D eigenvalue weighted by Crippen LogP contribution is -2.11. The molecule has 0 N–H and O–H groups in total. The van der Waals surface area contributed by atoms with Gasteiger partial charge in [0.25, 0.3) is 0 Å². The van der Waals surface area contributed by atoms with E-state index in [-0.39, 0.29) is 0 Å². The highest BCUT2D eigenvalue weighted by Gasteiger charge is 2.25. The Morgan fingerprint density at radius 1 is 0.369 bits per heavy atom. The summed E-state index contributed by atoms with van der Waals surface area (Å²) in [6.45, 7) is 0. The first-order valence-corrected chi connectivity index (χ1v) is 23.6. The minimum Gasteiger partial charge on any atom is -0.455 e. The van der Waals surface area contributed by atoms with Crippen molar-refractivity contribution in [3.8, 4) is 27.9 Å². The average molecular weight is 865 g/mol. The van der Waals surface area contributed by atoms with Crippen molar-refractivity contribution in [2.24, 2.45) is 0 Å². The van der Waals surface area contributed by atoms with Gasteiger partial charge >= 0.3 is 0 Å². The predicted molar refractivity (Wildman–Crippen MR) is 279 cm³/mol. The van der Waals surface area contributed by atoms with E-state index in [2.05, 4.69) is 222 Å². The first-order valence-electron chi connectivity index (χ1n) is 22.0. The molecule has 0 aliphatic heterocycles. The number of aromatic nitrogens is 1. The molecule has 0 amide bonds. The quantitative estimate of drug-likeness (QED) is 0.166. The Kier molecular flexibility index (Phi) is 8.02. The first-order chi connectivity index (χ1) is 32.2. The summed E-state index contributed by atoms with van der Waals surface area (Å²) in [7, 11) is 0. The van der Waals surface area contributed by atoms with E-state index in [0.29, 0.717) is 0 Å². The lowest BCUT2D eigenvalue weighted by atomic mass is 9.97. The molecule has 14 rings (SSSR count). The second-order valence-corrected chi connectivity index (χ2v) is 18.9. The molecule has 0 aliphatic rings. The number of furan rings is 1. The van der Waals surface area contributed by atoms with Crippen LogP contribution < -0.4 is 4.90 Å². The standard InChI is InChI=1S/C60H36N2OS2/c1-7-27-51-40(18-1)41-19-2-8-28-52(41)61(51)38-17-13-16-37(34-38)49-35-39(36-50-45-23-6-12-33-57(45)64-59(49)50)62(54-30-15-26-48-44-22-5-11-32-56(44)65-60(48)54)53-29-9-3-20-42(53)46-24-14-25-47-43-21-4-10-31-55(43)63-58(46)47/h1-36H. The third kappa shape index (κ3) is 5.53. The van der Waals surface area contributed by atoms with Gasteiger partial charge in [-0.25, -0.2) is 0 Å². The van der Waals surface area contributed by atoms with Crippen molar-refractivity contribution < 1.29 is 4.42 Å². The van der Waals surface area contributed by atoms with E-state index in [0.717, 1.165) is 55.8 Å². The molecule has 0 radical (unpaired) electrons. The Morgan fingerprint density at radius 2 is 0.938 bits per heavy atom. The number of nitrogens with zero attached hydrogens (tertiary/aromatic N) is 2. The van der Waals surface area contributed by atoms with Crippen LogP contribution in [0.15, 0.2) is 223 Å². The fourth-order valence-electron chi connectivity index (χ4n) is 10.3. The number of anilines is 3. The van der Waals surface area contributed by atoms with Gasteiger partial charge < -0.3 is 13.9 Å². The van der Waals surface area contributed by atoms with E-state index in [1.165, 1.54) is 73.3 Å². The molecule has 4 aromatic heterocycles. The third-order valence-electron chi connectivity index (χ3n) is 13.2. The number of thiophene rings is 2. The minimum absolute atomic E-state index is 0.891. The monoisotopic (exact) mass is 864 g/mol. The molecule has 3 nitrogen and oxygen atoms in total. The van der Waals surface area contributed by atoms with Gasteiger partial charge in [0.15, 0.2) is 0 Å². The van der Waals surface area contributed by atoms with Crippen LogP contribution in [0.3, 0.4) is 0 Å². The number of hydrogen-bond acceptors (Lipinski definition) is 4. The zero-order valence-corrected chi connectivity index (χ0v) is 36.5. The van der Waals surface area contributed by atoms with Crippen molar-refractivity contribution in [3.63, 3.8) is 0 Å². The summed E-state index contributed by atoms with van der Waals surface area (Å²) < 4.78 is 14.2. The van der Waals surface area contributed by atoms with Crippen LogP contribution in [0, 0.1) is 0 Å². The Labute approximate surface area is 381 Å². The SMILES string of the molecule is c1cc(-c2cc(N(c3ccccc3-c3cccc4c3oc3ccccc34)c3cccc4c3sc3ccccc34)cc3c2sc2ccccc23)cc(-n2c3ccccc3c3ccccc32)c1. The molecule has 0 unspecified atom stereocenters. The molecular formula is C60H36N2OS2. The van der Waals surface area contributed by atoms with Crippen molar-refractivity contribution in [2.45, 2.75) is 0 Å². The molecule has 0 bridgehead atoms. The molecule has 0 spiro atoms. The third-order valence-corrected chi connectivity index (χ3v) is 15.6. The molecule has 304 valence electrons. The normalized spacial score (nSPS) is 12.0. The van der Waals surface area contributed by atoms with Gasteiger partial charge in [-0.05, 0) is 72.3 Å². The van der Waals surface area contributed by atoms with Crippen LogP contribution in [-0.4, -0.2) is 4.57 Å². The van der Waals surface area contributed by atoms with Crippen LogP contribution in [0.1, 0.15) is 0 Å². The average Bonchev–Trinajstić information content (AvgIpc) is 4.14. The summed E-state index contributed by atoms with van der Waals surface area (Å²) in [6, 6.07) is 79.8. The lowest BCUT2D eigenvalue weighted by Gasteiger charge is -2.29. The molecule has 0 atom stereocenters. The highest BCUT2D eigenvalue weighted by molar-refractivity contribution is 7.26. The first kappa shape index (κ1) is 36.5. The van der Waals surface area contributed by atoms with Crippen LogP contribution in [0.5, 0.6) is 0 Å². The number of rotatable bonds is 6. The highest BCUT2D eigenvalue weighted by atomic mass is 32.1. The molecule has 4 heterocycles. The van der Waals surface area contributed by atoms with E-state index in [1.807, 2.05) is 28.7 Å². The van der Waals surface area contributed by atoms with Crippen molar-refractivity contribution in [1.82, 2.24) is 4.57 Å². The summed E-state index contributed by atoms with van der Waals surface area (Å²) in [5, 5.41) is 9.78. The van der Waals surface area contributed by atoms with Gasteiger partial charge in [-0.15, -0.1) is 22.7 Å². The van der Waals surface area contributed by atoms with E-state index in [4.69, 9.17) is 4.42 Å². The molecule has 5 heteroatoms. The van der Waals surface area contributed by atoms with E-state index in [1.54, 1.807) is 0 Å². The van der Waals surface area contributed by atoms with E-state index in [9.17, 15) is 0 Å². The maximum atomic E-state index is 6.74. The Hall–Kier alpha value is -7.96. The number of benzene rings is 10. The van der Waals surface area contributed by atoms with Gasteiger partial charge in [-0.3, -0.25) is 0 Å². The second-order valence-electron chi connectivity index (χ2n) is 16.8. The van der Waals surface area contributed by atoms with Crippen molar-refractivity contribution in [1.29, 1.82) is 0 Å². The number of fused-ring (bicyclic) bond motifs is 12. The zero-order valence-electron chi connectivity index (χ0n) is 34.9. The Bertz CT molecular complexity index is 4170. The molecule has 0 saturated heterocycles. The van der Waals surface area contributed by atoms with Crippen LogP contribution in [0.25, 0.3) is 112 Å². The van der Waals surface area contributed by atoms with E-state index < -0.39 is 0 Å². The smallest absolute Gasteiger partial charge is 0.143 e. The fraction of sp³-hybridized carbons (Fsp3) is 0. The van der Waals surface area contributed by atoms with Crippen LogP contribution in [-0.2, 0) is 0 Å². The summed E-state index contributed by atoms with van der Waals surface area (Å²) >= 11 is 3.74. The second kappa shape index (κ2) is 14.3. The van der Waals surface area contributed by atoms with Gasteiger partial charge in [-0.1, -0.05) is 152 Å². The summed E-state index contributed by atoms with van der Waals surface area (Å²) in [4.78, 5) is 2.51. The Morgan fingerprint density at radius 3 is 1.74 bits per heavy atom. The van der Waals surface area contributed by atoms with Gasteiger partial charge in [0.05, 0.1) is 27.1 Å². The molecule has 0 saturated carbocycles. The number of para-hydroxylation sites is 5. The maximum absolute atomic E-state index is 6.74. The topological polar surface area (TPSA) is 21.3 Å².